The third kappa shape index (κ3) is 2.74. The number of nitrogens with one attached hydrogen (secondary N) is 1. The minimum atomic E-state index is -0.213. The number of primary amides is 1. The van der Waals surface area contributed by atoms with Crippen LogP contribution in [0.1, 0.15) is 39.5 Å². The SMILES string of the molecule is CC1(C)CCCN1CC(NC1CC1)C(N)=O. The average molecular weight is 225 g/mol. The van der Waals surface area contributed by atoms with Gasteiger partial charge in [0.2, 0.25) is 5.91 Å². The van der Waals surface area contributed by atoms with Crippen LogP contribution in [0.25, 0.3) is 0 Å². The van der Waals surface area contributed by atoms with Crippen molar-refractivity contribution in [2.75, 3.05) is 13.1 Å². The van der Waals surface area contributed by atoms with Crippen LogP contribution >= 0.6 is 0 Å². The van der Waals surface area contributed by atoms with E-state index in [2.05, 4.69) is 24.1 Å². The highest BCUT2D eigenvalue weighted by Crippen LogP contribution is 2.28. The second-order valence-corrected chi connectivity index (χ2v) is 5.76. The van der Waals surface area contributed by atoms with Gasteiger partial charge in [-0.15, -0.1) is 0 Å². The van der Waals surface area contributed by atoms with Crippen LogP contribution in [0.15, 0.2) is 0 Å². The van der Waals surface area contributed by atoms with Gasteiger partial charge in [0, 0.05) is 18.1 Å². The fourth-order valence-electron chi connectivity index (χ4n) is 2.48. The molecule has 0 aromatic rings. The lowest BCUT2D eigenvalue weighted by atomic mass is 10.0. The van der Waals surface area contributed by atoms with Gasteiger partial charge in [-0.05, 0) is 46.1 Å². The number of rotatable bonds is 5. The Morgan fingerprint density at radius 1 is 1.56 bits per heavy atom. The predicted octanol–water partition coefficient (Wildman–Crippen LogP) is 0.467. The Morgan fingerprint density at radius 3 is 2.69 bits per heavy atom. The van der Waals surface area contributed by atoms with Crippen molar-refractivity contribution in [1.82, 2.24) is 10.2 Å². The lowest BCUT2D eigenvalue weighted by Crippen LogP contribution is -2.53. The number of carbonyl (C=O) groups excluding carboxylic acids is 1. The van der Waals surface area contributed by atoms with Gasteiger partial charge in [-0.1, -0.05) is 0 Å². The monoisotopic (exact) mass is 225 g/mol. The third-order valence-corrected chi connectivity index (χ3v) is 3.83. The molecule has 0 radical (unpaired) electrons. The van der Waals surface area contributed by atoms with Crippen molar-refractivity contribution in [3.05, 3.63) is 0 Å². The minimum absolute atomic E-state index is 0.176. The highest BCUT2D eigenvalue weighted by molar-refractivity contribution is 5.80. The molecule has 1 saturated heterocycles. The molecule has 0 bridgehead atoms. The highest BCUT2D eigenvalue weighted by atomic mass is 16.1. The first kappa shape index (κ1) is 11.9. The molecule has 1 amide bonds. The van der Waals surface area contributed by atoms with Gasteiger partial charge in [0.1, 0.15) is 0 Å². The molecule has 1 saturated carbocycles. The van der Waals surface area contributed by atoms with E-state index in [0.29, 0.717) is 6.04 Å². The van der Waals surface area contributed by atoms with Crippen LogP contribution in [0.5, 0.6) is 0 Å². The normalized spacial score (nSPS) is 26.9. The van der Waals surface area contributed by atoms with Crippen LogP contribution < -0.4 is 11.1 Å². The molecule has 1 unspecified atom stereocenters. The molecular weight excluding hydrogens is 202 g/mol. The van der Waals surface area contributed by atoms with Crippen molar-refractivity contribution in [2.45, 2.75) is 57.2 Å². The topological polar surface area (TPSA) is 58.4 Å². The standard InChI is InChI=1S/C12H23N3O/c1-12(2)6-3-7-15(12)8-10(11(13)16)14-9-4-5-9/h9-10,14H,3-8H2,1-2H3,(H2,13,16). The van der Waals surface area contributed by atoms with Crippen LogP contribution in [-0.4, -0.2) is 41.5 Å². The van der Waals surface area contributed by atoms with Crippen LogP contribution in [0.4, 0.5) is 0 Å². The molecule has 92 valence electrons. The zero-order valence-corrected chi connectivity index (χ0v) is 10.3. The molecule has 4 heteroatoms. The van der Waals surface area contributed by atoms with E-state index < -0.39 is 0 Å². The van der Waals surface area contributed by atoms with Crippen LogP contribution in [0.3, 0.4) is 0 Å². The van der Waals surface area contributed by atoms with Crippen molar-refractivity contribution < 1.29 is 4.79 Å². The van der Waals surface area contributed by atoms with Gasteiger partial charge >= 0.3 is 0 Å². The molecular formula is C12H23N3O. The van der Waals surface area contributed by atoms with Crippen molar-refractivity contribution in [1.29, 1.82) is 0 Å². The summed E-state index contributed by atoms with van der Waals surface area (Å²) in [6.45, 7) is 6.34. The summed E-state index contributed by atoms with van der Waals surface area (Å²) in [5, 5.41) is 3.34. The maximum atomic E-state index is 11.4. The molecule has 0 aromatic carbocycles. The van der Waals surface area contributed by atoms with E-state index in [1.165, 1.54) is 25.7 Å². The zero-order valence-electron chi connectivity index (χ0n) is 10.3. The van der Waals surface area contributed by atoms with E-state index in [1.54, 1.807) is 0 Å². The van der Waals surface area contributed by atoms with E-state index in [-0.39, 0.29) is 17.5 Å². The molecule has 3 N–H and O–H groups in total. The van der Waals surface area contributed by atoms with Crippen LogP contribution in [0, 0.1) is 0 Å². The quantitative estimate of drug-likeness (QED) is 0.715. The van der Waals surface area contributed by atoms with Crippen molar-refractivity contribution in [3.8, 4) is 0 Å². The smallest absolute Gasteiger partial charge is 0.235 e. The number of nitrogens with zero attached hydrogens (tertiary/aromatic N) is 1. The first-order chi connectivity index (χ1) is 7.49. The summed E-state index contributed by atoms with van der Waals surface area (Å²) in [7, 11) is 0. The summed E-state index contributed by atoms with van der Waals surface area (Å²) in [4.78, 5) is 13.8. The molecule has 1 heterocycles. The molecule has 2 fully saturated rings. The Hall–Kier alpha value is -0.610. The Morgan fingerprint density at radius 2 is 2.25 bits per heavy atom. The number of hydrogen-bond acceptors (Lipinski definition) is 3. The average Bonchev–Trinajstić information content (AvgIpc) is 2.92. The summed E-state index contributed by atoms with van der Waals surface area (Å²) < 4.78 is 0. The summed E-state index contributed by atoms with van der Waals surface area (Å²) in [5.41, 5.74) is 5.67. The fourth-order valence-corrected chi connectivity index (χ4v) is 2.48. The highest BCUT2D eigenvalue weighted by Gasteiger charge is 2.35. The van der Waals surface area contributed by atoms with Crippen LogP contribution in [-0.2, 0) is 4.79 Å². The second-order valence-electron chi connectivity index (χ2n) is 5.76. The van der Waals surface area contributed by atoms with Crippen molar-refractivity contribution in [3.63, 3.8) is 0 Å². The van der Waals surface area contributed by atoms with Gasteiger partial charge in [-0.25, -0.2) is 0 Å². The number of nitrogens with two attached hydrogens (primary N) is 1. The summed E-state index contributed by atoms with van der Waals surface area (Å²) in [6, 6.07) is 0.355. The lowest BCUT2D eigenvalue weighted by Gasteiger charge is -2.34. The number of likely N-dealkylation sites (tertiary alicyclic amines) is 1. The molecule has 0 spiro atoms. The van der Waals surface area contributed by atoms with E-state index in [0.717, 1.165) is 13.1 Å². The summed E-state index contributed by atoms with van der Waals surface area (Å²) >= 11 is 0. The predicted molar refractivity (Wildman–Crippen MR) is 64.0 cm³/mol. The lowest BCUT2D eigenvalue weighted by molar-refractivity contribution is -0.120. The molecule has 2 rings (SSSR count). The van der Waals surface area contributed by atoms with Gasteiger partial charge in [0.25, 0.3) is 0 Å². The largest absolute Gasteiger partial charge is 0.368 e. The molecule has 0 aromatic heterocycles. The Bertz CT molecular complexity index is 273. The number of amides is 1. The van der Waals surface area contributed by atoms with Gasteiger partial charge in [-0.2, -0.15) is 0 Å². The van der Waals surface area contributed by atoms with E-state index in [9.17, 15) is 4.79 Å². The van der Waals surface area contributed by atoms with Gasteiger partial charge < -0.3 is 11.1 Å². The van der Waals surface area contributed by atoms with Gasteiger partial charge in [-0.3, -0.25) is 9.69 Å². The first-order valence-electron chi connectivity index (χ1n) is 6.29. The van der Waals surface area contributed by atoms with Gasteiger partial charge in [0.15, 0.2) is 0 Å². The Kier molecular flexibility index (Phi) is 3.22. The molecule has 16 heavy (non-hydrogen) atoms. The number of carbonyl (C=O) groups is 1. The first-order valence-corrected chi connectivity index (χ1v) is 6.29. The van der Waals surface area contributed by atoms with E-state index in [1.807, 2.05) is 0 Å². The summed E-state index contributed by atoms with van der Waals surface area (Å²) in [6.07, 6.45) is 4.81. The summed E-state index contributed by atoms with van der Waals surface area (Å²) in [5.74, 6) is -0.213. The second kappa shape index (κ2) is 4.34. The van der Waals surface area contributed by atoms with Crippen molar-refractivity contribution in [2.24, 2.45) is 5.73 Å². The third-order valence-electron chi connectivity index (χ3n) is 3.83. The maximum absolute atomic E-state index is 11.4. The zero-order chi connectivity index (χ0) is 11.8. The molecule has 1 aliphatic heterocycles. The van der Waals surface area contributed by atoms with Gasteiger partial charge in [0.05, 0.1) is 6.04 Å². The minimum Gasteiger partial charge on any atom is -0.368 e. The van der Waals surface area contributed by atoms with Crippen LogP contribution in [0.2, 0.25) is 0 Å². The Labute approximate surface area is 97.6 Å². The fraction of sp³-hybridized carbons (Fsp3) is 0.917. The van der Waals surface area contributed by atoms with E-state index in [4.69, 9.17) is 5.73 Å². The molecule has 4 nitrogen and oxygen atoms in total. The number of hydrogen-bond donors (Lipinski definition) is 2. The van der Waals surface area contributed by atoms with Crippen molar-refractivity contribution >= 4 is 5.91 Å². The molecule has 2 aliphatic rings. The van der Waals surface area contributed by atoms with E-state index >= 15 is 0 Å². The Balaban J connectivity index is 1.91. The maximum Gasteiger partial charge on any atom is 0.235 e. The molecule has 1 atom stereocenters. The molecule has 1 aliphatic carbocycles.